The minimum Gasteiger partial charge on any atom is -0.356 e. The van der Waals surface area contributed by atoms with E-state index < -0.39 is 0 Å². The molecule has 8 heteroatoms. The number of aryl methyl sites for hydroxylation is 2. The number of halogens is 2. The molecular weight excluding hydrogens is 361 g/mol. The van der Waals surface area contributed by atoms with Crippen molar-refractivity contribution < 1.29 is 4.79 Å². The van der Waals surface area contributed by atoms with Gasteiger partial charge in [-0.25, -0.2) is 0 Å². The van der Waals surface area contributed by atoms with E-state index in [4.69, 9.17) is 0 Å². The minimum atomic E-state index is -0.0178. The van der Waals surface area contributed by atoms with Crippen LogP contribution in [0.3, 0.4) is 0 Å². The summed E-state index contributed by atoms with van der Waals surface area (Å²) in [6.45, 7) is 12.3. The van der Waals surface area contributed by atoms with Gasteiger partial charge in [-0.2, -0.15) is 5.10 Å². The number of hydrogen-bond donors (Lipinski definition) is 2. The van der Waals surface area contributed by atoms with Gasteiger partial charge in [0.15, 0.2) is 0 Å². The number of carbonyl (C=O) groups excluding carboxylic acids is 1. The molecule has 1 saturated heterocycles. The maximum atomic E-state index is 12.3. The summed E-state index contributed by atoms with van der Waals surface area (Å²) in [6.07, 6.45) is 1.78. The molecule has 6 nitrogen and oxygen atoms in total. The van der Waals surface area contributed by atoms with E-state index in [1.165, 1.54) is 5.56 Å². The number of nitrogens with zero attached hydrogens (tertiary/aromatic N) is 3. The van der Waals surface area contributed by atoms with Gasteiger partial charge in [0, 0.05) is 51.4 Å². The smallest absolute Gasteiger partial charge is 0.223 e. The van der Waals surface area contributed by atoms with Gasteiger partial charge in [-0.3, -0.25) is 9.48 Å². The summed E-state index contributed by atoms with van der Waals surface area (Å²) in [7, 11) is 1.95. The van der Waals surface area contributed by atoms with E-state index in [9.17, 15) is 4.79 Å². The summed E-state index contributed by atoms with van der Waals surface area (Å²) in [5, 5.41) is 10.9. The Labute approximate surface area is 163 Å². The second-order valence-electron chi connectivity index (χ2n) is 6.61. The summed E-state index contributed by atoms with van der Waals surface area (Å²) in [5.74, 6) is 0.128. The summed E-state index contributed by atoms with van der Waals surface area (Å²) < 4.78 is 1.89. The second kappa shape index (κ2) is 11.7. The SMILES string of the molecule is Cc1nn(C)c(C)c1CC(C)C(=O)NCCCN1CCNCC1.Cl.Cl. The molecule has 1 unspecified atom stereocenters. The fourth-order valence-corrected chi connectivity index (χ4v) is 3.14. The molecule has 1 aromatic rings. The zero-order valence-electron chi connectivity index (χ0n) is 15.8. The fraction of sp³-hybridized carbons (Fsp3) is 0.765. The maximum absolute atomic E-state index is 12.3. The van der Waals surface area contributed by atoms with Crippen LogP contribution in [-0.4, -0.2) is 59.9 Å². The van der Waals surface area contributed by atoms with E-state index in [1.54, 1.807) is 0 Å². The minimum absolute atomic E-state index is 0. The van der Waals surface area contributed by atoms with Crippen LogP contribution in [0, 0.1) is 19.8 Å². The highest BCUT2D eigenvalue weighted by Gasteiger charge is 2.18. The van der Waals surface area contributed by atoms with Crippen molar-refractivity contribution in [3.05, 3.63) is 17.0 Å². The summed E-state index contributed by atoms with van der Waals surface area (Å²) in [5.41, 5.74) is 3.39. The Morgan fingerprint density at radius 2 is 1.92 bits per heavy atom. The molecule has 0 radical (unpaired) electrons. The van der Waals surface area contributed by atoms with Crippen molar-refractivity contribution in [2.75, 3.05) is 39.3 Å². The Kier molecular flexibility index (Phi) is 11.3. The largest absolute Gasteiger partial charge is 0.356 e. The Morgan fingerprint density at radius 1 is 1.28 bits per heavy atom. The normalized spacial score (nSPS) is 15.8. The number of aromatic nitrogens is 2. The van der Waals surface area contributed by atoms with Crippen molar-refractivity contribution in [3.63, 3.8) is 0 Å². The van der Waals surface area contributed by atoms with E-state index in [0.29, 0.717) is 0 Å². The molecule has 1 fully saturated rings. The molecule has 0 aliphatic carbocycles. The van der Waals surface area contributed by atoms with E-state index >= 15 is 0 Å². The van der Waals surface area contributed by atoms with Crippen LogP contribution in [0.4, 0.5) is 0 Å². The highest BCUT2D eigenvalue weighted by atomic mass is 35.5. The van der Waals surface area contributed by atoms with Crippen molar-refractivity contribution in [2.45, 2.75) is 33.6 Å². The number of nitrogens with one attached hydrogen (secondary N) is 2. The molecule has 1 aromatic heterocycles. The molecule has 1 atom stereocenters. The lowest BCUT2D eigenvalue weighted by Gasteiger charge is -2.27. The summed E-state index contributed by atoms with van der Waals surface area (Å²) in [6, 6.07) is 0. The van der Waals surface area contributed by atoms with Gasteiger partial charge < -0.3 is 15.5 Å². The lowest BCUT2D eigenvalue weighted by Crippen LogP contribution is -2.44. The van der Waals surface area contributed by atoms with Gasteiger partial charge in [0.2, 0.25) is 5.91 Å². The fourth-order valence-electron chi connectivity index (χ4n) is 3.14. The maximum Gasteiger partial charge on any atom is 0.223 e. The first-order valence-electron chi connectivity index (χ1n) is 8.69. The van der Waals surface area contributed by atoms with Crippen molar-refractivity contribution in [1.29, 1.82) is 0 Å². The summed E-state index contributed by atoms with van der Waals surface area (Å²) >= 11 is 0. The van der Waals surface area contributed by atoms with Gasteiger partial charge in [-0.1, -0.05) is 6.92 Å². The average molecular weight is 394 g/mol. The van der Waals surface area contributed by atoms with Crippen LogP contribution in [0.25, 0.3) is 0 Å². The monoisotopic (exact) mass is 393 g/mol. The Bertz CT molecular complexity index is 529. The van der Waals surface area contributed by atoms with Crippen LogP contribution in [0.5, 0.6) is 0 Å². The van der Waals surface area contributed by atoms with Gasteiger partial charge in [0.05, 0.1) is 5.69 Å². The van der Waals surface area contributed by atoms with Gasteiger partial charge >= 0.3 is 0 Å². The van der Waals surface area contributed by atoms with Gasteiger partial charge in [-0.15, -0.1) is 24.8 Å². The topological polar surface area (TPSA) is 62.2 Å². The third kappa shape index (κ3) is 7.13. The molecular formula is C17H33Cl2N5O. The van der Waals surface area contributed by atoms with Crippen molar-refractivity contribution in [3.8, 4) is 0 Å². The van der Waals surface area contributed by atoms with Crippen LogP contribution in [0.15, 0.2) is 0 Å². The lowest BCUT2D eigenvalue weighted by molar-refractivity contribution is -0.124. The first-order valence-corrected chi connectivity index (χ1v) is 8.69. The molecule has 2 heterocycles. The number of amides is 1. The third-order valence-electron chi connectivity index (χ3n) is 4.78. The standard InChI is InChI=1S/C17H31N5O.2ClH/c1-13(12-16-14(2)20-21(4)15(16)3)17(23)19-6-5-9-22-10-7-18-8-11-22;;/h13,18H,5-12H2,1-4H3,(H,19,23);2*1H. The summed E-state index contributed by atoms with van der Waals surface area (Å²) in [4.78, 5) is 14.7. The lowest BCUT2D eigenvalue weighted by atomic mass is 9.99. The Balaban J connectivity index is 0.00000288. The predicted octanol–water partition coefficient (Wildman–Crippen LogP) is 1.47. The quantitative estimate of drug-likeness (QED) is 0.688. The van der Waals surface area contributed by atoms with Crippen molar-refractivity contribution in [1.82, 2.24) is 25.3 Å². The van der Waals surface area contributed by atoms with Gasteiger partial charge in [0.25, 0.3) is 0 Å². The van der Waals surface area contributed by atoms with Crippen LogP contribution in [0.2, 0.25) is 0 Å². The molecule has 0 bridgehead atoms. The molecule has 0 saturated carbocycles. The number of rotatable bonds is 7. The average Bonchev–Trinajstić information content (AvgIpc) is 2.78. The van der Waals surface area contributed by atoms with Crippen molar-refractivity contribution >= 4 is 30.7 Å². The van der Waals surface area contributed by atoms with E-state index in [0.717, 1.165) is 63.5 Å². The van der Waals surface area contributed by atoms with Crippen LogP contribution in [0.1, 0.15) is 30.3 Å². The molecule has 0 spiro atoms. The van der Waals surface area contributed by atoms with Gasteiger partial charge in [0.1, 0.15) is 0 Å². The first kappa shape index (κ1) is 24.2. The van der Waals surface area contributed by atoms with E-state index in [-0.39, 0.29) is 36.6 Å². The zero-order valence-corrected chi connectivity index (χ0v) is 17.4. The molecule has 146 valence electrons. The highest BCUT2D eigenvalue weighted by molar-refractivity contribution is 5.85. The molecule has 1 aliphatic heterocycles. The molecule has 25 heavy (non-hydrogen) atoms. The number of piperazine rings is 1. The van der Waals surface area contributed by atoms with Crippen LogP contribution < -0.4 is 10.6 Å². The van der Waals surface area contributed by atoms with Gasteiger partial charge in [-0.05, 0) is 38.8 Å². The molecule has 1 amide bonds. The first-order chi connectivity index (χ1) is 11.0. The third-order valence-corrected chi connectivity index (χ3v) is 4.78. The van der Waals surface area contributed by atoms with E-state index in [1.807, 2.05) is 25.6 Å². The zero-order chi connectivity index (χ0) is 16.8. The molecule has 1 aliphatic rings. The Hall–Kier alpha value is -0.820. The van der Waals surface area contributed by atoms with E-state index in [2.05, 4.69) is 27.6 Å². The highest BCUT2D eigenvalue weighted by Crippen LogP contribution is 2.16. The Morgan fingerprint density at radius 3 is 2.48 bits per heavy atom. The second-order valence-corrected chi connectivity index (χ2v) is 6.61. The number of carbonyl (C=O) groups is 1. The predicted molar refractivity (Wildman–Crippen MR) is 107 cm³/mol. The van der Waals surface area contributed by atoms with Crippen molar-refractivity contribution in [2.24, 2.45) is 13.0 Å². The molecule has 0 aromatic carbocycles. The number of hydrogen-bond acceptors (Lipinski definition) is 4. The molecule has 2 N–H and O–H groups in total. The van der Waals surface area contributed by atoms with Crippen LogP contribution >= 0.6 is 24.8 Å². The van der Waals surface area contributed by atoms with Crippen LogP contribution in [-0.2, 0) is 18.3 Å². The molecule has 2 rings (SSSR count).